The highest BCUT2D eigenvalue weighted by Gasteiger charge is 2.20. The Bertz CT molecular complexity index is 911. The maximum absolute atomic E-state index is 13.3. The molecule has 1 aromatic carbocycles. The molecule has 0 amide bonds. The molecule has 26 heavy (non-hydrogen) atoms. The first kappa shape index (κ1) is 17.2. The molecule has 1 aliphatic heterocycles. The van der Waals surface area contributed by atoms with Gasteiger partial charge in [0.25, 0.3) is 0 Å². The molecule has 0 radical (unpaired) electrons. The Morgan fingerprint density at radius 1 is 1.15 bits per heavy atom. The van der Waals surface area contributed by atoms with Gasteiger partial charge in [0.2, 0.25) is 6.43 Å². The van der Waals surface area contributed by atoms with E-state index in [-0.39, 0.29) is 6.42 Å². The van der Waals surface area contributed by atoms with Crippen LogP contribution in [0.2, 0.25) is 0 Å². The first-order valence-electron chi connectivity index (χ1n) is 9.18. The van der Waals surface area contributed by atoms with Crippen LogP contribution in [0.1, 0.15) is 35.6 Å². The first-order chi connectivity index (χ1) is 12.6. The normalized spacial score (nSPS) is 15.8. The maximum atomic E-state index is 13.3. The van der Waals surface area contributed by atoms with Gasteiger partial charge >= 0.3 is 0 Å². The van der Waals surface area contributed by atoms with Gasteiger partial charge in [-0.25, -0.2) is 8.78 Å². The highest BCUT2D eigenvalue weighted by Crippen LogP contribution is 2.35. The molecule has 0 atom stereocenters. The summed E-state index contributed by atoms with van der Waals surface area (Å²) in [6.07, 6.45) is 1.29. The van der Waals surface area contributed by atoms with Gasteiger partial charge in [0, 0.05) is 34.8 Å². The molecule has 2 aromatic heterocycles. The van der Waals surface area contributed by atoms with Gasteiger partial charge in [-0.15, -0.1) is 0 Å². The summed E-state index contributed by atoms with van der Waals surface area (Å²) in [6.45, 7) is 3.94. The fraction of sp³-hybridized carbons (Fsp3) is 0.381. The van der Waals surface area contributed by atoms with Crippen molar-refractivity contribution in [3.8, 4) is 11.3 Å². The van der Waals surface area contributed by atoms with Crippen LogP contribution in [0, 0.1) is 6.92 Å². The molecule has 5 heteroatoms. The van der Waals surface area contributed by atoms with Crippen LogP contribution in [0.25, 0.3) is 22.2 Å². The molecule has 136 valence electrons. The number of piperidine rings is 1. The lowest BCUT2D eigenvalue weighted by molar-refractivity contribution is 0.149. The lowest BCUT2D eigenvalue weighted by Crippen LogP contribution is -2.26. The second kappa shape index (κ2) is 7.16. The van der Waals surface area contributed by atoms with Gasteiger partial charge < -0.3 is 10.3 Å². The van der Waals surface area contributed by atoms with E-state index < -0.39 is 6.43 Å². The molecular weight excluding hydrogens is 332 g/mol. The summed E-state index contributed by atoms with van der Waals surface area (Å²) < 4.78 is 26.6. The number of nitrogens with one attached hydrogen (secondary N) is 2. The second-order valence-corrected chi connectivity index (χ2v) is 7.09. The van der Waals surface area contributed by atoms with E-state index in [4.69, 9.17) is 0 Å². The lowest BCUT2D eigenvalue weighted by atomic mass is 9.89. The van der Waals surface area contributed by atoms with Crippen LogP contribution in [0.15, 0.2) is 36.5 Å². The SMILES string of the molecule is Cc1cc(-c2[nH]c3ccc(C4CCNCC4)cc3c2CC(F)F)ccn1. The predicted octanol–water partition coefficient (Wildman–Crippen LogP) is 4.81. The smallest absolute Gasteiger partial charge is 0.242 e. The first-order valence-corrected chi connectivity index (χ1v) is 9.18. The largest absolute Gasteiger partial charge is 0.354 e. The number of fused-ring (bicyclic) bond motifs is 1. The topological polar surface area (TPSA) is 40.7 Å². The summed E-state index contributed by atoms with van der Waals surface area (Å²) >= 11 is 0. The number of nitrogens with zero attached hydrogens (tertiary/aromatic N) is 1. The third-order valence-corrected chi connectivity index (χ3v) is 5.28. The predicted molar refractivity (Wildman–Crippen MR) is 101 cm³/mol. The molecule has 3 heterocycles. The fourth-order valence-electron chi connectivity index (χ4n) is 3.99. The number of H-pyrrole nitrogens is 1. The minimum absolute atomic E-state index is 0.244. The van der Waals surface area contributed by atoms with E-state index in [9.17, 15) is 8.78 Å². The molecule has 4 rings (SSSR count). The monoisotopic (exact) mass is 355 g/mol. The highest BCUT2D eigenvalue weighted by molar-refractivity contribution is 5.91. The zero-order valence-corrected chi connectivity index (χ0v) is 14.9. The molecule has 0 bridgehead atoms. The van der Waals surface area contributed by atoms with E-state index in [2.05, 4.69) is 27.4 Å². The van der Waals surface area contributed by atoms with Crippen molar-refractivity contribution in [2.75, 3.05) is 13.1 Å². The molecule has 2 N–H and O–H groups in total. The molecule has 0 spiro atoms. The van der Waals surface area contributed by atoms with Crippen LogP contribution < -0.4 is 5.32 Å². The maximum Gasteiger partial charge on any atom is 0.242 e. The molecule has 1 aliphatic rings. The van der Waals surface area contributed by atoms with E-state index in [0.29, 0.717) is 11.5 Å². The summed E-state index contributed by atoms with van der Waals surface area (Å²) in [7, 11) is 0. The standard InChI is InChI=1S/C21H23F2N3/c1-13-10-16(6-9-25-13)21-18(12-20(22)23)17-11-15(2-3-19(17)26-21)14-4-7-24-8-5-14/h2-3,6,9-11,14,20,24,26H,4-5,7-8,12H2,1H3. The van der Waals surface area contributed by atoms with E-state index in [1.807, 2.05) is 25.1 Å². The summed E-state index contributed by atoms with van der Waals surface area (Å²) in [4.78, 5) is 7.59. The van der Waals surface area contributed by atoms with Gasteiger partial charge in [0.1, 0.15) is 0 Å². The van der Waals surface area contributed by atoms with Crippen molar-refractivity contribution in [2.45, 2.75) is 38.5 Å². The van der Waals surface area contributed by atoms with Crippen LogP contribution in [-0.4, -0.2) is 29.5 Å². The number of aromatic amines is 1. The Morgan fingerprint density at radius 3 is 2.69 bits per heavy atom. The summed E-state index contributed by atoms with van der Waals surface area (Å²) in [6, 6.07) is 10.1. The molecule has 0 saturated carbocycles. The number of aromatic nitrogens is 2. The van der Waals surface area contributed by atoms with Crippen LogP contribution in [0.4, 0.5) is 8.78 Å². The van der Waals surface area contributed by atoms with Gasteiger partial charge in [0.15, 0.2) is 0 Å². The van der Waals surface area contributed by atoms with Gasteiger partial charge in [-0.1, -0.05) is 6.07 Å². The summed E-state index contributed by atoms with van der Waals surface area (Å²) in [5.41, 5.74) is 5.45. The Balaban J connectivity index is 1.83. The fourth-order valence-corrected chi connectivity index (χ4v) is 3.99. The van der Waals surface area contributed by atoms with Crippen LogP contribution in [0.3, 0.4) is 0 Å². The molecular formula is C21H23F2N3. The summed E-state index contributed by atoms with van der Waals surface area (Å²) in [5, 5.41) is 4.30. The minimum Gasteiger partial charge on any atom is -0.354 e. The van der Waals surface area contributed by atoms with Gasteiger partial charge in [-0.3, -0.25) is 4.98 Å². The van der Waals surface area contributed by atoms with Crippen LogP contribution in [-0.2, 0) is 6.42 Å². The molecule has 1 saturated heterocycles. The number of rotatable bonds is 4. The Morgan fingerprint density at radius 2 is 1.96 bits per heavy atom. The third-order valence-electron chi connectivity index (χ3n) is 5.28. The third kappa shape index (κ3) is 3.36. The van der Waals surface area contributed by atoms with Crippen LogP contribution in [0.5, 0.6) is 0 Å². The number of benzene rings is 1. The zero-order chi connectivity index (χ0) is 18.1. The second-order valence-electron chi connectivity index (χ2n) is 7.09. The van der Waals surface area contributed by atoms with Gasteiger partial charge in [0.05, 0.1) is 5.69 Å². The molecule has 0 unspecified atom stereocenters. The molecule has 0 aliphatic carbocycles. The van der Waals surface area contributed by atoms with Crippen molar-refractivity contribution in [1.29, 1.82) is 0 Å². The number of halogens is 2. The minimum atomic E-state index is -2.38. The average molecular weight is 355 g/mol. The van der Waals surface area contributed by atoms with E-state index in [1.165, 1.54) is 5.56 Å². The van der Waals surface area contributed by atoms with Crippen molar-refractivity contribution in [3.63, 3.8) is 0 Å². The van der Waals surface area contributed by atoms with Crippen molar-refractivity contribution < 1.29 is 8.78 Å². The van der Waals surface area contributed by atoms with Gasteiger partial charge in [-0.05, 0) is 74.2 Å². The summed E-state index contributed by atoms with van der Waals surface area (Å²) in [5.74, 6) is 0.501. The number of alkyl halides is 2. The van der Waals surface area contributed by atoms with E-state index in [1.54, 1.807) is 6.20 Å². The molecule has 3 nitrogen and oxygen atoms in total. The average Bonchev–Trinajstić information content (AvgIpc) is 3.00. The Labute approximate surface area is 151 Å². The molecule has 3 aromatic rings. The van der Waals surface area contributed by atoms with Crippen molar-refractivity contribution in [1.82, 2.24) is 15.3 Å². The van der Waals surface area contributed by atoms with Crippen LogP contribution >= 0.6 is 0 Å². The Kier molecular flexibility index (Phi) is 4.72. The number of pyridine rings is 1. The van der Waals surface area contributed by atoms with E-state index in [0.717, 1.165) is 53.8 Å². The van der Waals surface area contributed by atoms with Gasteiger partial charge in [-0.2, -0.15) is 0 Å². The van der Waals surface area contributed by atoms with Crippen molar-refractivity contribution in [2.24, 2.45) is 0 Å². The number of aryl methyl sites for hydroxylation is 1. The number of hydrogen-bond donors (Lipinski definition) is 2. The quantitative estimate of drug-likeness (QED) is 0.705. The van der Waals surface area contributed by atoms with Crippen molar-refractivity contribution in [3.05, 3.63) is 53.3 Å². The molecule has 1 fully saturated rings. The van der Waals surface area contributed by atoms with E-state index >= 15 is 0 Å². The number of hydrogen-bond acceptors (Lipinski definition) is 2. The lowest BCUT2D eigenvalue weighted by Gasteiger charge is -2.23. The highest BCUT2D eigenvalue weighted by atomic mass is 19.3. The Hall–Kier alpha value is -2.27. The zero-order valence-electron chi connectivity index (χ0n) is 14.9. The van der Waals surface area contributed by atoms with Crippen molar-refractivity contribution >= 4 is 10.9 Å².